The third kappa shape index (κ3) is 3.72. The van der Waals surface area contributed by atoms with Crippen molar-refractivity contribution < 1.29 is 9.90 Å². The second-order valence-electron chi connectivity index (χ2n) is 4.05. The molecule has 0 fully saturated rings. The van der Waals surface area contributed by atoms with E-state index in [0.717, 1.165) is 0 Å². The maximum atomic E-state index is 12.1. The predicted molar refractivity (Wildman–Crippen MR) is 81.2 cm³/mol. The Hall–Kier alpha value is -2.55. The third-order valence-electron chi connectivity index (χ3n) is 2.59. The van der Waals surface area contributed by atoms with Crippen LogP contribution in [0, 0.1) is 11.8 Å². The number of nitrogens with one attached hydrogen (secondary N) is 1. The average molecular weight is 302 g/mol. The van der Waals surface area contributed by atoms with Crippen LogP contribution in [-0.4, -0.2) is 22.5 Å². The van der Waals surface area contributed by atoms with Crippen molar-refractivity contribution in [3.8, 4) is 17.6 Å². The molecule has 21 heavy (non-hydrogen) atoms. The summed E-state index contributed by atoms with van der Waals surface area (Å²) in [5.41, 5.74) is 6.51. The van der Waals surface area contributed by atoms with Gasteiger partial charge in [-0.05, 0) is 24.3 Å². The molecule has 4 N–H and O–H groups in total. The number of carbonyl (C=O) groups excluding carboxylic acids is 1. The molecule has 0 saturated carbocycles. The van der Waals surface area contributed by atoms with Crippen molar-refractivity contribution in [1.29, 1.82) is 0 Å². The lowest BCUT2D eigenvalue weighted by Gasteiger charge is -2.08. The molecule has 0 unspecified atom stereocenters. The van der Waals surface area contributed by atoms with Gasteiger partial charge in [0.1, 0.15) is 5.75 Å². The van der Waals surface area contributed by atoms with Crippen LogP contribution in [0.3, 0.4) is 0 Å². The fraction of sp³-hybridized carbons (Fsp3) is 0.0667. The molecule has 1 aromatic carbocycles. The molecular formula is C15H12ClN3O2. The molecule has 5 nitrogen and oxygen atoms in total. The summed E-state index contributed by atoms with van der Waals surface area (Å²) in [7, 11) is 0. The summed E-state index contributed by atoms with van der Waals surface area (Å²) < 4.78 is 0. The molecule has 0 radical (unpaired) electrons. The minimum atomic E-state index is -0.485. The molecule has 1 heterocycles. The van der Waals surface area contributed by atoms with E-state index in [1.165, 1.54) is 18.5 Å². The number of anilines is 1. The quantitative estimate of drug-likeness (QED) is 0.740. The first kappa shape index (κ1) is 14.9. The number of nitrogens with two attached hydrogens (primary N) is 1. The van der Waals surface area contributed by atoms with E-state index in [4.69, 9.17) is 17.3 Å². The number of aromatic nitrogens is 1. The van der Waals surface area contributed by atoms with E-state index in [2.05, 4.69) is 22.1 Å². The van der Waals surface area contributed by atoms with Crippen molar-refractivity contribution in [2.45, 2.75) is 0 Å². The van der Waals surface area contributed by atoms with Crippen LogP contribution in [-0.2, 0) is 0 Å². The molecule has 0 bridgehead atoms. The van der Waals surface area contributed by atoms with Gasteiger partial charge in [0.2, 0.25) is 0 Å². The van der Waals surface area contributed by atoms with E-state index >= 15 is 0 Å². The number of benzene rings is 1. The number of aromatic hydroxyl groups is 1. The Morgan fingerprint density at radius 3 is 2.95 bits per heavy atom. The number of pyridine rings is 1. The number of hydrogen-bond acceptors (Lipinski definition) is 4. The molecule has 0 aliphatic carbocycles. The van der Waals surface area contributed by atoms with Gasteiger partial charge in [0.15, 0.2) is 0 Å². The van der Waals surface area contributed by atoms with Gasteiger partial charge < -0.3 is 16.2 Å². The predicted octanol–water partition coefficient (Wildman–Crippen LogP) is 2.00. The van der Waals surface area contributed by atoms with Crippen molar-refractivity contribution >= 4 is 23.2 Å². The van der Waals surface area contributed by atoms with Crippen LogP contribution < -0.4 is 11.1 Å². The van der Waals surface area contributed by atoms with E-state index in [1.807, 2.05) is 0 Å². The Morgan fingerprint density at radius 2 is 2.24 bits per heavy atom. The lowest BCUT2D eigenvalue weighted by molar-refractivity contribution is 0.102. The van der Waals surface area contributed by atoms with Gasteiger partial charge >= 0.3 is 0 Å². The Labute approximate surface area is 126 Å². The Bertz CT molecular complexity index is 735. The molecule has 1 aromatic heterocycles. The highest BCUT2D eigenvalue weighted by atomic mass is 35.5. The molecule has 0 saturated heterocycles. The summed E-state index contributed by atoms with van der Waals surface area (Å²) in [6.45, 7) is 0.245. The molecule has 106 valence electrons. The maximum Gasteiger partial charge on any atom is 0.259 e. The SMILES string of the molecule is NCC#Cc1ccc(Cl)c(NC(=O)c2ccncc2O)c1. The summed E-state index contributed by atoms with van der Waals surface area (Å²) in [5, 5.41) is 12.6. The number of nitrogens with zero attached hydrogens (tertiary/aromatic N) is 1. The van der Waals surface area contributed by atoms with Gasteiger partial charge in [-0.3, -0.25) is 9.78 Å². The largest absolute Gasteiger partial charge is 0.505 e. The highest BCUT2D eigenvalue weighted by Crippen LogP contribution is 2.24. The number of amides is 1. The summed E-state index contributed by atoms with van der Waals surface area (Å²) in [6.07, 6.45) is 2.61. The molecule has 2 rings (SSSR count). The van der Waals surface area contributed by atoms with Crippen molar-refractivity contribution in [3.63, 3.8) is 0 Å². The number of carbonyl (C=O) groups is 1. The summed E-state index contributed by atoms with van der Waals surface area (Å²) in [6, 6.07) is 6.41. The van der Waals surface area contributed by atoms with E-state index in [0.29, 0.717) is 16.3 Å². The molecular weight excluding hydrogens is 290 g/mol. The first-order valence-corrected chi connectivity index (χ1v) is 6.42. The second-order valence-corrected chi connectivity index (χ2v) is 4.45. The fourth-order valence-electron chi connectivity index (χ4n) is 1.62. The summed E-state index contributed by atoms with van der Waals surface area (Å²) >= 11 is 6.04. The van der Waals surface area contributed by atoms with Crippen LogP contribution in [0.15, 0.2) is 36.7 Å². The highest BCUT2D eigenvalue weighted by molar-refractivity contribution is 6.34. The molecule has 1 amide bonds. The van der Waals surface area contributed by atoms with Crippen molar-refractivity contribution in [2.24, 2.45) is 5.73 Å². The lowest BCUT2D eigenvalue weighted by Crippen LogP contribution is -2.12. The third-order valence-corrected chi connectivity index (χ3v) is 2.92. The molecule has 0 aliphatic rings. The molecule has 6 heteroatoms. The highest BCUT2D eigenvalue weighted by Gasteiger charge is 2.12. The zero-order valence-corrected chi connectivity index (χ0v) is 11.7. The van der Waals surface area contributed by atoms with Crippen LogP contribution in [0.2, 0.25) is 5.02 Å². The van der Waals surface area contributed by atoms with Gasteiger partial charge in [-0.1, -0.05) is 23.4 Å². The van der Waals surface area contributed by atoms with Gasteiger partial charge in [-0.2, -0.15) is 0 Å². The first-order chi connectivity index (χ1) is 10.1. The lowest BCUT2D eigenvalue weighted by atomic mass is 10.2. The normalized spacial score (nSPS) is 9.62. The minimum Gasteiger partial charge on any atom is -0.505 e. The van der Waals surface area contributed by atoms with Gasteiger partial charge in [0.05, 0.1) is 29.0 Å². The van der Waals surface area contributed by atoms with E-state index in [1.54, 1.807) is 18.2 Å². The average Bonchev–Trinajstić information content (AvgIpc) is 2.48. The van der Waals surface area contributed by atoms with E-state index in [-0.39, 0.29) is 17.9 Å². The van der Waals surface area contributed by atoms with Crippen LogP contribution in [0.5, 0.6) is 5.75 Å². The molecule has 0 spiro atoms. The monoisotopic (exact) mass is 301 g/mol. The van der Waals surface area contributed by atoms with Crippen molar-refractivity contribution in [1.82, 2.24) is 4.98 Å². The fourth-order valence-corrected chi connectivity index (χ4v) is 1.78. The van der Waals surface area contributed by atoms with E-state index < -0.39 is 5.91 Å². The Balaban J connectivity index is 2.27. The van der Waals surface area contributed by atoms with Crippen LogP contribution in [0.4, 0.5) is 5.69 Å². The van der Waals surface area contributed by atoms with Crippen molar-refractivity contribution in [2.75, 3.05) is 11.9 Å². The van der Waals surface area contributed by atoms with Crippen molar-refractivity contribution in [3.05, 3.63) is 52.8 Å². The first-order valence-electron chi connectivity index (χ1n) is 6.04. The maximum absolute atomic E-state index is 12.1. The summed E-state index contributed by atoms with van der Waals surface area (Å²) in [5.74, 6) is 4.88. The van der Waals surface area contributed by atoms with E-state index in [9.17, 15) is 9.90 Å². The van der Waals surface area contributed by atoms with Crippen LogP contribution in [0.1, 0.15) is 15.9 Å². The van der Waals surface area contributed by atoms with Gasteiger partial charge in [-0.15, -0.1) is 0 Å². The summed E-state index contributed by atoms with van der Waals surface area (Å²) in [4.78, 5) is 15.8. The van der Waals surface area contributed by atoms with Gasteiger partial charge in [0.25, 0.3) is 5.91 Å². The smallest absolute Gasteiger partial charge is 0.259 e. The number of hydrogen-bond donors (Lipinski definition) is 3. The van der Waals surface area contributed by atoms with Crippen LogP contribution >= 0.6 is 11.6 Å². The minimum absolute atomic E-state index is 0.111. The zero-order valence-electron chi connectivity index (χ0n) is 10.9. The molecule has 0 atom stereocenters. The van der Waals surface area contributed by atoms with Gasteiger partial charge in [-0.25, -0.2) is 0 Å². The topological polar surface area (TPSA) is 88.2 Å². The number of halogens is 1. The molecule has 0 aliphatic heterocycles. The Morgan fingerprint density at radius 1 is 1.43 bits per heavy atom. The number of rotatable bonds is 2. The molecule has 2 aromatic rings. The van der Waals surface area contributed by atoms with Crippen LogP contribution in [0.25, 0.3) is 0 Å². The standard InChI is InChI=1S/C15H12ClN3O2/c16-12-4-3-10(2-1-6-17)8-13(12)19-15(21)11-5-7-18-9-14(11)20/h3-5,7-9,20H,6,17H2,(H,19,21). The second kappa shape index (κ2) is 6.75. The zero-order chi connectivity index (χ0) is 15.2. The Kier molecular flexibility index (Phi) is 4.77. The van der Waals surface area contributed by atoms with Gasteiger partial charge in [0, 0.05) is 11.8 Å².